The number of hydrogen-bond donors (Lipinski definition) is 3. The maximum Gasteiger partial charge on any atom is 0.337 e. The van der Waals surface area contributed by atoms with Crippen LogP contribution in [0.25, 0.3) is 0 Å². The summed E-state index contributed by atoms with van der Waals surface area (Å²) >= 11 is 0. The average Bonchev–Trinajstić information content (AvgIpc) is 2.40. The lowest BCUT2D eigenvalue weighted by Crippen LogP contribution is -2.24. The number of hydrogen-bond acceptors (Lipinski definition) is 3. The van der Waals surface area contributed by atoms with Crippen molar-refractivity contribution in [2.45, 2.75) is 6.92 Å². The van der Waals surface area contributed by atoms with Crippen molar-refractivity contribution in [3.8, 4) is 0 Å². The van der Waals surface area contributed by atoms with Gasteiger partial charge in [0, 0.05) is 5.69 Å². The van der Waals surface area contributed by atoms with Crippen LogP contribution in [0.4, 0.5) is 10.1 Å². The van der Waals surface area contributed by atoms with Gasteiger partial charge in [-0.2, -0.15) is 0 Å². The Morgan fingerprint density at radius 1 is 1.19 bits per heavy atom. The first-order chi connectivity index (χ1) is 9.88. The highest BCUT2D eigenvalue weighted by molar-refractivity contribution is 6.07. The molecule has 21 heavy (non-hydrogen) atoms. The number of aromatic nitrogens is 1. The topological polar surface area (TPSA) is 99.3 Å². The normalized spacial score (nSPS) is 10.2. The number of aromatic amines is 1. The molecule has 1 aromatic carbocycles. The highest BCUT2D eigenvalue weighted by Gasteiger charge is 2.16. The van der Waals surface area contributed by atoms with Gasteiger partial charge in [-0.1, -0.05) is 0 Å². The predicted molar refractivity (Wildman–Crippen MR) is 73.1 cm³/mol. The molecule has 108 valence electrons. The summed E-state index contributed by atoms with van der Waals surface area (Å²) < 4.78 is 13.0. The van der Waals surface area contributed by atoms with Gasteiger partial charge in [0.1, 0.15) is 11.4 Å². The fourth-order valence-corrected chi connectivity index (χ4v) is 1.74. The molecule has 2 aromatic rings. The highest BCUT2D eigenvalue weighted by Crippen LogP contribution is 2.17. The number of carboxylic acids is 1. The first-order valence-corrected chi connectivity index (χ1v) is 5.92. The van der Waals surface area contributed by atoms with Crippen molar-refractivity contribution < 1.29 is 19.1 Å². The quantitative estimate of drug-likeness (QED) is 0.802. The second-order valence-corrected chi connectivity index (χ2v) is 4.33. The van der Waals surface area contributed by atoms with Crippen LogP contribution >= 0.6 is 0 Å². The van der Waals surface area contributed by atoms with Gasteiger partial charge in [-0.25, -0.2) is 9.18 Å². The molecule has 0 fully saturated rings. The molecule has 3 N–H and O–H groups in total. The van der Waals surface area contributed by atoms with E-state index in [0.29, 0.717) is 5.69 Å². The number of pyridine rings is 1. The van der Waals surface area contributed by atoms with Gasteiger partial charge in [-0.3, -0.25) is 9.59 Å². The van der Waals surface area contributed by atoms with E-state index in [1.165, 1.54) is 6.07 Å². The molecule has 0 unspecified atom stereocenters. The van der Waals surface area contributed by atoms with E-state index in [1.54, 1.807) is 13.0 Å². The maximum absolute atomic E-state index is 13.0. The van der Waals surface area contributed by atoms with Gasteiger partial charge >= 0.3 is 5.97 Å². The Morgan fingerprint density at radius 2 is 1.90 bits per heavy atom. The van der Waals surface area contributed by atoms with Crippen LogP contribution in [0.5, 0.6) is 0 Å². The minimum Gasteiger partial charge on any atom is -0.478 e. The van der Waals surface area contributed by atoms with Crippen molar-refractivity contribution in [3.05, 3.63) is 63.3 Å². The first kappa shape index (κ1) is 14.4. The van der Waals surface area contributed by atoms with E-state index in [9.17, 15) is 18.8 Å². The van der Waals surface area contributed by atoms with Gasteiger partial charge in [0.25, 0.3) is 11.5 Å². The van der Waals surface area contributed by atoms with Crippen LogP contribution in [-0.2, 0) is 0 Å². The molecule has 1 amide bonds. The lowest BCUT2D eigenvalue weighted by Gasteiger charge is -2.08. The summed E-state index contributed by atoms with van der Waals surface area (Å²) in [6.45, 7) is 1.66. The summed E-state index contributed by atoms with van der Waals surface area (Å²) in [5.74, 6) is -2.90. The number of aryl methyl sites for hydroxylation is 1. The minimum atomic E-state index is -1.39. The van der Waals surface area contributed by atoms with Crippen LogP contribution in [0.2, 0.25) is 0 Å². The molecule has 6 nitrogen and oxygen atoms in total. The molecule has 1 heterocycles. The van der Waals surface area contributed by atoms with Crippen LogP contribution in [0.15, 0.2) is 35.1 Å². The Hall–Kier alpha value is -2.96. The summed E-state index contributed by atoms with van der Waals surface area (Å²) in [5, 5.41) is 11.3. The standard InChI is InChI=1S/C14H11FN2O4/c1-7-2-4-9(12(18)16-7)13(19)17-11-5-3-8(15)6-10(11)14(20)21/h2-6H,1H3,(H,16,18)(H,17,19)(H,20,21). The average molecular weight is 290 g/mol. The van der Waals surface area contributed by atoms with Crippen molar-refractivity contribution in [3.63, 3.8) is 0 Å². The number of nitrogens with one attached hydrogen (secondary N) is 2. The summed E-state index contributed by atoms with van der Waals surface area (Å²) in [7, 11) is 0. The van der Waals surface area contributed by atoms with E-state index in [1.807, 2.05) is 0 Å². The molecule has 1 aromatic heterocycles. The molecule has 0 atom stereocenters. The maximum atomic E-state index is 13.0. The van der Waals surface area contributed by atoms with Gasteiger partial charge in [0.2, 0.25) is 0 Å². The second-order valence-electron chi connectivity index (χ2n) is 4.33. The van der Waals surface area contributed by atoms with E-state index in [0.717, 1.165) is 18.2 Å². The number of rotatable bonds is 3. The van der Waals surface area contributed by atoms with Crippen LogP contribution in [-0.4, -0.2) is 22.0 Å². The summed E-state index contributed by atoms with van der Waals surface area (Å²) in [4.78, 5) is 37.1. The fourth-order valence-electron chi connectivity index (χ4n) is 1.74. The van der Waals surface area contributed by atoms with E-state index in [4.69, 9.17) is 5.11 Å². The highest BCUT2D eigenvalue weighted by atomic mass is 19.1. The third-order valence-electron chi connectivity index (χ3n) is 2.76. The smallest absolute Gasteiger partial charge is 0.337 e. The molecule has 7 heteroatoms. The van der Waals surface area contributed by atoms with Gasteiger partial charge in [0.05, 0.1) is 11.3 Å². The third-order valence-corrected chi connectivity index (χ3v) is 2.76. The summed E-state index contributed by atoms with van der Waals surface area (Å²) in [5.41, 5.74) is -0.655. The lowest BCUT2D eigenvalue weighted by atomic mass is 10.1. The molecule has 0 aliphatic rings. The third kappa shape index (κ3) is 3.14. The molecule has 0 spiro atoms. The van der Waals surface area contributed by atoms with Crippen LogP contribution in [0.1, 0.15) is 26.4 Å². The van der Waals surface area contributed by atoms with Gasteiger partial charge in [0.15, 0.2) is 0 Å². The number of carbonyl (C=O) groups excluding carboxylic acids is 1. The number of aromatic carboxylic acids is 1. The molecular weight excluding hydrogens is 279 g/mol. The molecule has 0 aliphatic carbocycles. The van der Waals surface area contributed by atoms with Crippen molar-refractivity contribution in [1.29, 1.82) is 0 Å². The number of carbonyl (C=O) groups is 2. The molecule has 0 saturated carbocycles. The van der Waals surface area contributed by atoms with Crippen molar-refractivity contribution >= 4 is 17.6 Å². The fraction of sp³-hybridized carbons (Fsp3) is 0.0714. The number of carboxylic acid groups (broad SMARTS) is 1. The Morgan fingerprint density at radius 3 is 2.52 bits per heavy atom. The van der Waals surface area contributed by atoms with E-state index >= 15 is 0 Å². The molecule has 0 bridgehead atoms. The predicted octanol–water partition coefficient (Wildman–Crippen LogP) is 1.77. The molecule has 0 saturated heterocycles. The monoisotopic (exact) mass is 290 g/mol. The number of halogens is 1. The zero-order chi connectivity index (χ0) is 15.6. The van der Waals surface area contributed by atoms with E-state index in [2.05, 4.69) is 10.3 Å². The zero-order valence-corrected chi connectivity index (χ0v) is 10.9. The molecule has 0 radical (unpaired) electrons. The number of benzene rings is 1. The SMILES string of the molecule is Cc1ccc(C(=O)Nc2ccc(F)cc2C(=O)O)c(=O)[nH]1. The van der Waals surface area contributed by atoms with E-state index in [-0.39, 0.29) is 11.3 Å². The Bertz CT molecular complexity index is 783. The van der Waals surface area contributed by atoms with Gasteiger partial charge in [-0.15, -0.1) is 0 Å². The number of anilines is 1. The van der Waals surface area contributed by atoms with Gasteiger partial charge < -0.3 is 15.4 Å². The van der Waals surface area contributed by atoms with Gasteiger partial charge in [-0.05, 0) is 37.3 Å². The van der Waals surface area contributed by atoms with Crippen molar-refractivity contribution in [2.75, 3.05) is 5.32 Å². The lowest BCUT2D eigenvalue weighted by molar-refractivity contribution is 0.0697. The van der Waals surface area contributed by atoms with Crippen LogP contribution in [0.3, 0.4) is 0 Å². The number of amides is 1. The van der Waals surface area contributed by atoms with Crippen molar-refractivity contribution in [2.24, 2.45) is 0 Å². The van der Waals surface area contributed by atoms with Crippen molar-refractivity contribution in [1.82, 2.24) is 4.98 Å². The zero-order valence-electron chi connectivity index (χ0n) is 10.9. The summed E-state index contributed by atoms with van der Waals surface area (Å²) in [6.07, 6.45) is 0. The second kappa shape index (κ2) is 5.58. The van der Waals surface area contributed by atoms with Crippen LogP contribution < -0.4 is 10.9 Å². The van der Waals surface area contributed by atoms with Crippen LogP contribution in [0, 0.1) is 12.7 Å². The molecular formula is C14H11FN2O4. The minimum absolute atomic E-state index is 0.0890. The number of H-pyrrole nitrogens is 1. The Kier molecular flexibility index (Phi) is 3.84. The molecule has 0 aliphatic heterocycles. The largest absolute Gasteiger partial charge is 0.478 e. The molecule has 2 rings (SSSR count). The summed E-state index contributed by atoms with van der Waals surface area (Å²) in [6, 6.07) is 5.80. The van der Waals surface area contributed by atoms with E-state index < -0.39 is 28.8 Å². The Balaban J connectivity index is 2.36. The first-order valence-electron chi connectivity index (χ1n) is 5.92. The Labute approximate surface area is 118 Å².